The lowest BCUT2D eigenvalue weighted by Gasteiger charge is -2.17. The predicted octanol–water partition coefficient (Wildman–Crippen LogP) is 2.44. The average molecular weight is 199 g/mol. The quantitative estimate of drug-likeness (QED) is 0.636. The SMILES string of the molecule is CC(C)(C)CCNCCOCC1CC1. The molecule has 0 bridgehead atoms. The van der Waals surface area contributed by atoms with Crippen molar-refractivity contribution in [3.8, 4) is 0 Å². The molecule has 0 unspecified atom stereocenters. The highest BCUT2D eigenvalue weighted by atomic mass is 16.5. The van der Waals surface area contributed by atoms with Gasteiger partial charge in [0.05, 0.1) is 6.61 Å². The maximum atomic E-state index is 5.53. The molecule has 0 heterocycles. The normalized spacial score (nSPS) is 17.4. The summed E-state index contributed by atoms with van der Waals surface area (Å²) in [5.74, 6) is 0.893. The fourth-order valence-electron chi connectivity index (χ4n) is 1.27. The molecule has 1 aliphatic carbocycles. The molecule has 0 saturated heterocycles. The van der Waals surface area contributed by atoms with Crippen molar-refractivity contribution in [1.29, 1.82) is 0 Å². The van der Waals surface area contributed by atoms with Crippen LogP contribution in [0.1, 0.15) is 40.0 Å². The van der Waals surface area contributed by atoms with Crippen LogP contribution in [0.3, 0.4) is 0 Å². The lowest BCUT2D eigenvalue weighted by Crippen LogP contribution is -2.24. The van der Waals surface area contributed by atoms with Crippen LogP contribution in [0, 0.1) is 11.3 Å². The van der Waals surface area contributed by atoms with E-state index in [1.165, 1.54) is 19.3 Å². The van der Waals surface area contributed by atoms with Gasteiger partial charge in [-0.2, -0.15) is 0 Å². The fraction of sp³-hybridized carbons (Fsp3) is 1.00. The van der Waals surface area contributed by atoms with E-state index in [0.717, 1.165) is 32.2 Å². The van der Waals surface area contributed by atoms with Crippen LogP contribution in [0.25, 0.3) is 0 Å². The third-order valence-corrected chi connectivity index (χ3v) is 2.53. The van der Waals surface area contributed by atoms with Crippen molar-refractivity contribution in [3.05, 3.63) is 0 Å². The van der Waals surface area contributed by atoms with Gasteiger partial charge in [0.1, 0.15) is 0 Å². The summed E-state index contributed by atoms with van der Waals surface area (Å²) >= 11 is 0. The number of ether oxygens (including phenoxy) is 1. The van der Waals surface area contributed by atoms with Gasteiger partial charge >= 0.3 is 0 Å². The summed E-state index contributed by atoms with van der Waals surface area (Å²) in [7, 11) is 0. The van der Waals surface area contributed by atoms with Gasteiger partial charge in [-0.3, -0.25) is 0 Å². The van der Waals surface area contributed by atoms with Gasteiger partial charge in [0, 0.05) is 13.2 Å². The lowest BCUT2D eigenvalue weighted by molar-refractivity contribution is 0.125. The van der Waals surface area contributed by atoms with Crippen LogP contribution in [-0.4, -0.2) is 26.3 Å². The molecule has 0 spiro atoms. The first-order chi connectivity index (χ1) is 6.58. The molecule has 1 aliphatic rings. The van der Waals surface area contributed by atoms with E-state index in [1.807, 2.05) is 0 Å². The van der Waals surface area contributed by atoms with E-state index >= 15 is 0 Å². The highest BCUT2D eigenvalue weighted by molar-refractivity contribution is 4.72. The molecular weight excluding hydrogens is 174 g/mol. The molecule has 0 aromatic heterocycles. The largest absolute Gasteiger partial charge is 0.380 e. The zero-order valence-corrected chi connectivity index (χ0v) is 9.94. The minimum Gasteiger partial charge on any atom is -0.380 e. The van der Waals surface area contributed by atoms with Crippen LogP contribution in [-0.2, 0) is 4.74 Å². The summed E-state index contributed by atoms with van der Waals surface area (Å²) in [5, 5.41) is 3.41. The molecular formula is C12H25NO. The number of nitrogens with one attached hydrogen (secondary N) is 1. The Morgan fingerprint density at radius 3 is 2.50 bits per heavy atom. The first-order valence-electron chi connectivity index (χ1n) is 5.86. The molecule has 0 aromatic rings. The Bertz CT molecular complexity index is 147. The van der Waals surface area contributed by atoms with E-state index in [0.29, 0.717) is 5.41 Å². The van der Waals surface area contributed by atoms with Crippen LogP contribution in [0.2, 0.25) is 0 Å². The van der Waals surface area contributed by atoms with Crippen LogP contribution in [0.5, 0.6) is 0 Å². The van der Waals surface area contributed by atoms with Crippen LogP contribution in [0.15, 0.2) is 0 Å². The zero-order valence-electron chi connectivity index (χ0n) is 9.94. The van der Waals surface area contributed by atoms with Crippen LogP contribution >= 0.6 is 0 Å². The van der Waals surface area contributed by atoms with Crippen molar-refractivity contribution in [1.82, 2.24) is 5.32 Å². The Morgan fingerprint density at radius 1 is 1.21 bits per heavy atom. The van der Waals surface area contributed by atoms with Gasteiger partial charge < -0.3 is 10.1 Å². The van der Waals surface area contributed by atoms with E-state index in [1.54, 1.807) is 0 Å². The molecule has 0 radical (unpaired) electrons. The van der Waals surface area contributed by atoms with Gasteiger partial charge in [0.15, 0.2) is 0 Å². The summed E-state index contributed by atoms with van der Waals surface area (Å²) in [5.41, 5.74) is 0.446. The van der Waals surface area contributed by atoms with Gasteiger partial charge in [0.25, 0.3) is 0 Å². The second kappa shape index (κ2) is 5.72. The Hall–Kier alpha value is -0.0800. The minimum absolute atomic E-state index is 0.446. The van der Waals surface area contributed by atoms with E-state index in [9.17, 15) is 0 Å². The Labute approximate surface area is 88.4 Å². The first-order valence-corrected chi connectivity index (χ1v) is 5.86. The molecule has 0 amide bonds. The first kappa shape index (κ1) is 12.0. The van der Waals surface area contributed by atoms with Gasteiger partial charge in [-0.05, 0) is 37.1 Å². The molecule has 0 atom stereocenters. The Kier molecular flexibility index (Phi) is 4.90. The van der Waals surface area contributed by atoms with Crippen molar-refractivity contribution >= 4 is 0 Å². The van der Waals surface area contributed by atoms with Crippen molar-refractivity contribution in [3.63, 3.8) is 0 Å². The standard InChI is InChI=1S/C12H25NO/c1-12(2,3)6-7-13-8-9-14-10-11-4-5-11/h11,13H,4-10H2,1-3H3. The molecule has 1 fully saturated rings. The Morgan fingerprint density at radius 2 is 1.93 bits per heavy atom. The van der Waals surface area contributed by atoms with Crippen LogP contribution in [0.4, 0.5) is 0 Å². The minimum atomic E-state index is 0.446. The molecule has 0 aromatic carbocycles. The van der Waals surface area contributed by atoms with Crippen molar-refractivity contribution in [2.24, 2.45) is 11.3 Å². The third-order valence-electron chi connectivity index (χ3n) is 2.53. The predicted molar refractivity (Wildman–Crippen MR) is 60.5 cm³/mol. The van der Waals surface area contributed by atoms with Crippen molar-refractivity contribution in [2.45, 2.75) is 40.0 Å². The molecule has 2 nitrogen and oxygen atoms in total. The monoisotopic (exact) mass is 199 g/mol. The van der Waals surface area contributed by atoms with Gasteiger partial charge in [-0.1, -0.05) is 20.8 Å². The average Bonchev–Trinajstić information content (AvgIpc) is 2.84. The molecule has 1 saturated carbocycles. The number of hydrogen-bond acceptors (Lipinski definition) is 2. The van der Waals surface area contributed by atoms with Crippen molar-refractivity contribution in [2.75, 3.05) is 26.3 Å². The van der Waals surface area contributed by atoms with E-state index in [4.69, 9.17) is 4.74 Å². The fourth-order valence-corrected chi connectivity index (χ4v) is 1.27. The van der Waals surface area contributed by atoms with E-state index in [2.05, 4.69) is 26.1 Å². The van der Waals surface area contributed by atoms with Gasteiger partial charge in [0.2, 0.25) is 0 Å². The van der Waals surface area contributed by atoms with Gasteiger partial charge in [-0.15, -0.1) is 0 Å². The second-order valence-corrected chi connectivity index (χ2v) is 5.58. The van der Waals surface area contributed by atoms with Gasteiger partial charge in [-0.25, -0.2) is 0 Å². The lowest BCUT2D eigenvalue weighted by atomic mass is 9.92. The summed E-state index contributed by atoms with van der Waals surface area (Å²) < 4.78 is 5.53. The topological polar surface area (TPSA) is 21.3 Å². The second-order valence-electron chi connectivity index (χ2n) is 5.58. The number of hydrogen-bond donors (Lipinski definition) is 1. The summed E-state index contributed by atoms with van der Waals surface area (Å²) in [4.78, 5) is 0. The molecule has 1 rings (SSSR count). The third kappa shape index (κ3) is 7.34. The molecule has 0 aliphatic heterocycles. The molecule has 1 N–H and O–H groups in total. The summed E-state index contributed by atoms with van der Waals surface area (Å²) in [6, 6.07) is 0. The van der Waals surface area contributed by atoms with E-state index < -0.39 is 0 Å². The summed E-state index contributed by atoms with van der Waals surface area (Å²) in [6.45, 7) is 10.8. The van der Waals surface area contributed by atoms with Crippen molar-refractivity contribution < 1.29 is 4.74 Å². The smallest absolute Gasteiger partial charge is 0.0591 e. The van der Waals surface area contributed by atoms with Crippen LogP contribution < -0.4 is 5.32 Å². The molecule has 84 valence electrons. The number of rotatable bonds is 7. The zero-order chi connectivity index (χ0) is 10.4. The molecule has 2 heteroatoms. The van der Waals surface area contributed by atoms with E-state index in [-0.39, 0.29) is 0 Å². The summed E-state index contributed by atoms with van der Waals surface area (Å²) in [6.07, 6.45) is 4.00. The molecule has 14 heavy (non-hydrogen) atoms. The Balaban J connectivity index is 1.75. The maximum Gasteiger partial charge on any atom is 0.0591 e. The highest BCUT2D eigenvalue weighted by Crippen LogP contribution is 2.28. The maximum absolute atomic E-state index is 5.53. The highest BCUT2D eigenvalue weighted by Gasteiger charge is 2.20.